The van der Waals surface area contributed by atoms with E-state index in [1.165, 1.54) is 37.4 Å². The van der Waals surface area contributed by atoms with Crippen LogP contribution in [0.1, 0.15) is 30.0 Å². The molecule has 1 aromatic heterocycles. The lowest BCUT2D eigenvalue weighted by Gasteiger charge is -2.25. The fourth-order valence-corrected chi connectivity index (χ4v) is 2.67. The van der Waals surface area contributed by atoms with Gasteiger partial charge in [0.05, 0.1) is 12.2 Å². The Hall–Kier alpha value is -0.450. The molecular weight excluding hydrogens is 194 g/mol. The van der Waals surface area contributed by atoms with Crippen LogP contribution in [0.2, 0.25) is 0 Å². The van der Waals surface area contributed by atoms with Gasteiger partial charge in [-0.15, -0.1) is 11.3 Å². The number of nitrogens with two attached hydrogens (primary N) is 1. The van der Waals surface area contributed by atoms with Gasteiger partial charge >= 0.3 is 0 Å². The van der Waals surface area contributed by atoms with E-state index in [0.29, 0.717) is 6.54 Å². The van der Waals surface area contributed by atoms with Crippen LogP contribution in [0, 0.1) is 0 Å². The lowest BCUT2D eigenvalue weighted by molar-refractivity contribution is 0.220. The first-order valence-electron chi connectivity index (χ1n) is 5.24. The van der Waals surface area contributed by atoms with Crippen LogP contribution in [0.4, 0.5) is 0 Å². The van der Waals surface area contributed by atoms with Crippen LogP contribution >= 0.6 is 11.3 Å². The summed E-state index contributed by atoms with van der Waals surface area (Å²) in [5.74, 6) is 0. The zero-order valence-corrected chi connectivity index (χ0v) is 9.22. The van der Waals surface area contributed by atoms with Gasteiger partial charge in [-0.1, -0.05) is 6.42 Å². The largest absolute Gasteiger partial charge is 0.325 e. The molecule has 0 saturated carbocycles. The highest BCUT2D eigenvalue weighted by atomic mass is 32.1. The van der Waals surface area contributed by atoms with Gasteiger partial charge in [0.25, 0.3) is 0 Å². The Morgan fingerprint density at radius 1 is 1.36 bits per heavy atom. The van der Waals surface area contributed by atoms with E-state index in [9.17, 15) is 0 Å². The minimum Gasteiger partial charge on any atom is -0.325 e. The van der Waals surface area contributed by atoms with E-state index in [1.54, 1.807) is 11.3 Å². The van der Waals surface area contributed by atoms with Crippen molar-refractivity contribution in [3.63, 3.8) is 0 Å². The van der Waals surface area contributed by atoms with Gasteiger partial charge in [-0.3, -0.25) is 4.90 Å². The van der Waals surface area contributed by atoms with Gasteiger partial charge in [0, 0.05) is 11.9 Å². The maximum atomic E-state index is 5.53. The first-order valence-corrected chi connectivity index (χ1v) is 6.12. The summed E-state index contributed by atoms with van der Waals surface area (Å²) in [5.41, 5.74) is 6.56. The van der Waals surface area contributed by atoms with E-state index in [1.807, 2.05) is 0 Å². The average Bonchev–Trinajstić information content (AvgIpc) is 2.67. The zero-order chi connectivity index (χ0) is 9.80. The average molecular weight is 211 g/mol. The van der Waals surface area contributed by atoms with E-state index in [0.717, 1.165) is 12.2 Å². The van der Waals surface area contributed by atoms with Gasteiger partial charge in [-0.05, 0) is 25.9 Å². The molecule has 0 spiro atoms. The first-order chi connectivity index (χ1) is 6.88. The van der Waals surface area contributed by atoms with Gasteiger partial charge in [0.1, 0.15) is 5.01 Å². The van der Waals surface area contributed by atoms with Gasteiger partial charge < -0.3 is 5.73 Å². The maximum Gasteiger partial charge on any atom is 0.107 e. The number of likely N-dealkylation sites (tertiary alicyclic amines) is 1. The van der Waals surface area contributed by atoms with Crippen molar-refractivity contribution in [3.05, 3.63) is 16.1 Å². The molecule has 3 nitrogen and oxygen atoms in total. The Morgan fingerprint density at radius 2 is 2.14 bits per heavy atom. The van der Waals surface area contributed by atoms with E-state index in [4.69, 9.17) is 5.73 Å². The maximum absolute atomic E-state index is 5.53. The summed E-state index contributed by atoms with van der Waals surface area (Å²) < 4.78 is 0. The lowest BCUT2D eigenvalue weighted by atomic mass is 10.1. The molecule has 2 rings (SSSR count). The number of aromatic nitrogens is 1. The van der Waals surface area contributed by atoms with E-state index < -0.39 is 0 Å². The molecule has 2 N–H and O–H groups in total. The van der Waals surface area contributed by atoms with Crippen molar-refractivity contribution in [2.75, 3.05) is 13.1 Å². The molecule has 2 heterocycles. The van der Waals surface area contributed by atoms with Crippen molar-refractivity contribution >= 4 is 11.3 Å². The summed E-state index contributed by atoms with van der Waals surface area (Å²) in [7, 11) is 0. The number of thiazole rings is 1. The highest BCUT2D eigenvalue weighted by Gasteiger charge is 2.11. The molecule has 0 radical (unpaired) electrons. The van der Waals surface area contributed by atoms with Crippen LogP contribution in [-0.2, 0) is 13.1 Å². The number of hydrogen-bond acceptors (Lipinski definition) is 4. The number of nitrogens with zero attached hydrogens (tertiary/aromatic N) is 2. The number of hydrogen-bond donors (Lipinski definition) is 1. The Bertz CT molecular complexity index is 279. The highest BCUT2D eigenvalue weighted by molar-refractivity contribution is 7.09. The summed E-state index contributed by atoms with van der Waals surface area (Å²) in [5, 5.41) is 3.28. The molecule has 0 amide bonds. The van der Waals surface area contributed by atoms with Crippen LogP contribution in [0.5, 0.6) is 0 Å². The molecule has 0 aliphatic carbocycles. The summed E-state index contributed by atoms with van der Waals surface area (Å²) in [6.45, 7) is 4.05. The van der Waals surface area contributed by atoms with Gasteiger partial charge in [0.2, 0.25) is 0 Å². The summed E-state index contributed by atoms with van der Waals surface area (Å²) in [6.07, 6.45) is 4.08. The SMILES string of the molecule is NCc1csc(CN2CCCCC2)n1. The minimum absolute atomic E-state index is 0.566. The summed E-state index contributed by atoms with van der Waals surface area (Å²) in [4.78, 5) is 6.96. The minimum atomic E-state index is 0.566. The van der Waals surface area contributed by atoms with Crippen molar-refractivity contribution in [1.29, 1.82) is 0 Å². The number of piperidine rings is 1. The molecule has 1 saturated heterocycles. The van der Waals surface area contributed by atoms with Crippen molar-refractivity contribution in [2.24, 2.45) is 5.73 Å². The van der Waals surface area contributed by atoms with Gasteiger partial charge in [-0.25, -0.2) is 4.98 Å². The molecule has 1 aliphatic rings. The van der Waals surface area contributed by atoms with Crippen molar-refractivity contribution in [2.45, 2.75) is 32.4 Å². The molecule has 0 atom stereocenters. The van der Waals surface area contributed by atoms with Crippen LogP contribution in [0.3, 0.4) is 0 Å². The van der Waals surface area contributed by atoms with Crippen LogP contribution in [0.15, 0.2) is 5.38 Å². The van der Waals surface area contributed by atoms with Crippen molar-refractivity contribution < 1.29 is 0 Å². The second-order valence-corrected chi connectivity index (χ2v) is 4.72. The standard InChI is InChI=1S/C10H17N3S/c11-6-9-8-14-10(12-9)7-13-4-2-1-3-5-13/h8H,1-7,11H2. The van der Waals surface area contributed by atoms with E-state index in [2.05, 4.69) is 15.3 Å². The molecule has 0 bridgehead atoms. The van der Waals surface area contributed by atoms with E-state index in [-0.39, 0.29) is 0 Å². The summed E-state index contributed by atoms with van der Waals surface area (Å²) in [6, 6.07) is 0. The Balaban J connectivity index is 1.89. The normalized spacial score (nSPS) is 18.6. The second kappa shape index (κ2) is 4.87. The first kappa shape index (κ1) is 10.1. The Morgan fingerprint density at radius 3 is 2.79 bits per heavy atom. The highest BCUT2D eigenvalue weighted by Crippen LogP contribution is 2.15. The van der Waals surface area contributed by atoms with Crippen LogP contribution in [-0.4, -0.2) is 23.0 Å². The van der Waals surface area contributed by atoms with Gasteiger partial charge in [-0.2, -0.15) is 0 Å². The van der Waals surface area contributed by atoms with Crippen LogP contribution < -0.4 is 5.73 Å². The third-order valence-electron chi connectivity index (χ3n) is 2.62. The molecule has 1 aromatic rings. The Kier molecular flexibility index (Phi) is 3.50. The van der Waals surface area contributed by atoms with Crippen LogP contribution in [0.25, 0.3) is 0 Å². The van der Waals surface area contributed by atoms with Gasteiger partial charge in [0.15, 0.2) is 0 Å². The molecule has 1 fully saturated rings. The van der Waals surface area contributed by atoms with Crippen molar-refractivity contribution in [3.8, 4) is 0 Å². The fourth-order valence-electron chi connectivity index (χ4n) is 1.82. The Labute approximate surface area is 88.9 Å². The summed E-state index contributed by atoms with van der Waals surface area (Å²) >= 11 is 1.73. The number of rotatable bonds is 3. The molecular formula is C10H17N3S. The molecule has 0 unspecified atom stereocenters. The molecule has 14 heavy (non-hydrogen) atoms. The quantitative estimate of drug-likeness (QED) is 0.825. The molecule has 0 aromatic carbocycles. The molecule has 78 valence electrons. The third-order valence-corrected chi connectivity index (χ3v) is 3.50. The van der Waals surface area contributed by atoms with E-state index >= 15 is 0 Å². The predicted molar refractivity (Wildman–Crippen MR) is 59.1 cm³/mol. The predicted octanol–water partition coefficient (Wildman–Crippen LogP) is 1.59. The molecule has 1 aliphatic heterocycles. The monoisotopic (exact) mass is 211 g/mol. The zero-order valence-electron chi connectivity index (χ0n) is 8.41. The van der Waals surface area contributed by atoms with Crippen molar-refractivity contribution in [1.82, 2.24) is 9.88 Å². The topological polar surface area (TPSA) is 42.1 Å². The second-order valence-electron chi connectivity index (χ2n) is 3.77. The lowest BCUT2D eigenvalue weighted by Crippen LogP contribution is -2.29. The fraction of sp³-hybridized carbons (Fsp3) is 0.700. The smallest absolute Gasteiger partial charge is 0.107 e. The third kappa shape index (κ3) is 2.53. The molecule has 4 heteroatoms.